The third-order valence-corrected chi connectivity index (χ3v) is 5.36. The van der Waals surface area contributed by atoms with Crippen LogP contribution in [0.1, 0.15) is 11.6 Å². The minimum Gasteiger partial charge on any atom is -0.297 e. The second-order valence-corrected chi connectivity index (χ2v) is 6.83. The quantitative estimate of drug-likeness (QED) is 0.826. The molecule has 1 aliphatic rings. The fourth-order valence-corrected chi connectivity index (χ4v) is 4.17. The normalized spacial score (nSPS) is 25.4. The van der Waals surface area contributed by atoms with Gasteiger partial charge in [-0.1, -0.05) is 6.08 Å². The number of hydrogen-bond donors (Lipinski definition) is 1. The Bertz CT molecular complexity index is 498. The molecule has 0 radical (unpaired) electrons. The molecular weight excluding hydrogens is 272 g/mol. The van der Waals surface area contributed by atoms with Gasteiger partial charge in [-0.2, -0.15) is 16.4 Å². The maximum absolute atomic E-state index is 12.2. The van der Waals surface area contributed by atoms with Crippen molar-refractivity contribution in [2.75, 3.05) is 20.2 Å². The number of nitrogens with zero attached hydrogens (tertiary/aromatic N) is 1. The van der Waals surface area contributed by atoms with E-state index < -0.39 is 15.3 Å². The molecule has 2 unspecified atom stereocenters. The van der Waals surface area contributed by atoms with Crippen molar-refractivity contribution in [3.63, 3.8) is 0 Å². The average molecular weight is 288 g/mol. The summed E-state index contributed by atoms with van der Waals surface area (Å²) in [5, 5.41) is 4.89. The molecule has 5 nitrogen and oxygen atoms in total. The maximum atomic E-state index is 12.2. The minimum absolute atomic E-state index is 0.170. The predicted octanol–water partition coefficient (Wildman–Crippen LogP) is 1.14. The Hall–Kier alpha value is -0.730. The summed E-state index contributed by atoms with van der Waals surface area (Å²) in [5.74, 6) is 0. The van der Waals surface area contributed by atoms with Crippen LogP contribution in [0.4, 0.5) is 0 Å². The molecular formula is C11H16N2O3S2. The highest BCUT2D eigenvalue weighted by Gasteiger charge is 2.42. The van der Waals surface area contributed by atoms with Crippen LogP contribution in [0, 0.1) is 0 Å². The van der Waals surface area contributed by atoms with Gasteiger partial charge in [0.25, 0.3) is 0 Å². The van der Waals surface area contributed by atoms with Gasteiger partial charge in [0.15, 0.2) is 0 Å². The Labute approximate surface area is 111 Å². The van der Waals surface area contributed by atoms with E-state index in [1.54, 1.807) is 23.4 Å². The summed E-state index contributed by atoms with van der Waals surface area (Å²) in [6, 6.07) is 1.66. The SMILES string of the molecule is C=CCNS(=O)(=O)C1CON(C)C1c1ccsc1. The summed E-state index contributed by atoms with van der Waals surface area (Å²) >= 11 is 1.55. The number of hydroxylamine groups is 2. The standard InChI is InChI=1S/C11H16N2O3S2/c1-3-5-12-18(14,15)10-7-16-13(2)11(10)9-4-6-17-8-9/h3-4,6,8,10-12H,1,5,7H2,2H3. The molecule has 0 aliphatic carbocycles. The molecule has 1 aromatic heterocycles. The lowest BCUT2D eigenvalue weighted by Gasteiger charge is -2.21. The van der Waals surface area contributed by atoms with Gasteiger partial charge in [0.2, 0.25) is 10.0 Å². The van der Waals surface area contributed by atoms with Crippen molar-refractivity contribution in [3.05, 3.63) is 35.0 Å². The summed E-state index contributed by atoms with van der Waals surface area (Å²) in [4.78, 5) is 5.36. The van der Waals surface area contributed by atoms with E-state index in [0.29, 0.717) is 0 Å². The third kappa shape index (κ3) is 2.65. The molecule has 0 spiro atoms. The summed E-state index contributed by atoms with van der Waals surface area (Å²) in [6.45, 7) is 3.91. The van der Waals surface area contributed by atoms with E-state index in [4.69, 9.17) is 4.84 Å². The van der Waals surface area contributed by atoms with Crippen LogP contribution in [0.5, 0.6) is 0 Å². The van der Waals surface area contributed by atoms with Gasteiger partial charge in [-0.15, -0.1) is 6.58 Å². The van der Waals surface area contributed by atoms with Gasteiger partial charge in [0.1, 0.15) is 5.25 Å². The van der Waals surface area contributed by atoms with Crippen LogP contribution in [0.3, 0.4) is 0 Å². The van der Waals surface area contributed by atoms with Crippen LogP contribution in [-0.4, -0.2) is 38.9 Å². The molecule has 1 saturated heterocycles. The van der Waals surface area contributed by atoms with Crippen LogP contribution < -0.4 is 4.72 Å². The lowest BCUT2D eigenvalue weighted by Crippen LogP contribution is -2.39. The highest BCUT2D eigenvalue weighted by molar-refractivity contribution is 7.90. The summed E-state index contributed by atoms with van der Waals surface area (Å²) in [5.41, 5.74) is 0.967. The topological polar surface area (TPSA) is 58.6 Å². The first-order valence-corrected chi connectivity index (χ1v) is 8.02. The lowest BCUT2D eigenvalue weighted by atomic mass is 10.1. The minimum atomic E-state index is -3.41. The highest BCUT2D eigenvalue weighted by atomic mass is 32.2. The van der Waals surface area contributed by atoms with Crippen molar-refractivity contribution in [2.45, 2.75) is 11.3 Å². The van der Waals surface area contributed by atoms with Gasteiger partial charge in [0, 0.05) is 13.6 Å². The molecule has 1 N–H and O–H groups in total. The first-order valence-electron chi connectivity index (χ1n) is 5.53. The molecule has 7 heteroatoms. The third-order valence-electron chi connectivity index (χ3n) is 2.90. The molecule has 1 aliphatic heterocycles. The lowest BCUT2D eigenvalue weighted by molar-refractivity contribution is -0.110. The number of nitrogens with one attached hydrogen (secondary N) is 1. The van der Waals surface area contributed by atoms with Crippen molar-refractivity contribution in [1.82, 2.24) is 9.79 Å². The van der Waals surface area contributed by atoms with E-state index in [9.17, 15) is 8.42 Å². The number of thiophene rings is 1. The molecule has 100 valence electrons. The molecule has 2 rings (SSSR count). The van der Waals surface area contributed by atoms with E-state index in [1.165, 1.54) is 6.08 Å². The summed E-state index contributed by atoms with van der Waals surface area (Å²) < 4.78 is 26.9. The zero-order valence-corrected chi connectivity index (χ0v) is 11.7. The largest absolute Gasteiger partial charge is 0.297 e. The Morgan fingerprint density at radius 3 is 3.11 bits per heavy atom. The summed E-state index contributed by atoms with van der Waals surface area (Å²) in [6.07, 6.45) is 1.52. The van der Waals surface area contributed by atoms with Crippen LogP contribution in [-0.2, 0) is 14.9 Å². The first-order chi connectivity index (χ1) is 8.56. The number of rotatable bonds is 5. The second kappa shape index (κ2) is 5.50. The Kier molecular flexibility index (Phi) is 4.18. The van der Waals surface area contributed by atoms with Crippen molar-refractivity contribution in [1.29, 1.82) is 0 Å². The molecule has 1 aromatic rings. The van der Waals surface area contributed by atoms with Gasteiger partial charge in [-0.25, -0.2) is 13.1 Å². The van der Waals surface area contributed by atoms with Crippen LogP contribution in [0.2, 0.25) is 0 Å². The van der Waals surface area contributed by atoms with Gasteiger partial charge in [0.05, 0.1) is 12.6 Å². The van der Waals surface area contributed by atoms with Crippen molar-refractivity contribution in [2.24, 2.45) is 0 Å². The van der Waals surface area contributed by atoms with Gasteiger partial charge in [-0.3, -0.25) is 4.84 Å². The predicted molar refractivity (Wildman–Crippen MR) is 71.7 cm³/mol. The molecule has 18 heavy (non-hydrogen) atoms. The first kappa shape index (κ1) is 13.7. The zero-order chi connectivity index (χ0) is 13.2. The number of sulfonamides is 1. The van der Waals surface area contributed by atoms with Gasteiger partial charge < -0.3 is 0 Å². The second-order valence-electron chi connectivity index (χ2n) is 4.06. The van der Waals surface area contributed by atoms with Gasteiger partial charge in [-0.05, 0) is 22.4 Å². The van der Waals surface area contributed by atoms with Crippen LogP contribution in [0.15, 0.2) is 29.5 Å². The Balaban J connectivity index is 2.24. The highest BCUT2D eigenvalue weighted by Crippen LogP contribution is 2.34. The monoisotopic (exact) mass is 288 g/mol. The Morgan fingerprint density at radius 1 is 1.72 bits per heavy atom. The van der Waals surface area contributed by atoms with Crippen molar-refractivity contribution >= 4 is 21.4 Å². The van der Waals surface area contributed by atoms with E-state index in [-0.39, 0.29) is 19.2 Å². The molecule has 2 atom stereocenters. The average Bonchev–Trinajstić information content (AvgIpc) is 2.94. The van der Waals surface area contributed by atoms with Crippen molar-refractivity contribution in [3.8, 4) is 0 Å². The molecule has 0 saturated carbocycles. The molecule has 2 heterocycles. The van der Waals surface area contributed by atoms with Crippen LogP contribution in [0.25, 0.3) is 0 Å². The molecule has 0 aromatic carbocycles. The smallest absolute Gasteiger partial charge is 0.219 e. The molecule has 1 fully saturated rings. The number of hydrogen-bond acceptors (Lipinski definition) is 5. The van der Waals surface area contributed by atoms with E-state index in [2.05, 4.69) is 11.3 Å². The van der Waals surface area contributed by atoms with Crippen molar-refractivity contribution < 1.29 is 13.3 Å². The van der Waals surface area contributed by atoms with E-state index in [1.807, 2.05) is 16.8 Å². The zero-order valence-electron chi connectivity index (χ0n) is 10.1. The van der Waals surface area contributed by atoms with E-state index >= 15 is 0 Å². The van der Waals surface area contributed by atoms with Gasteiger partial charge >= 0.3 is 0 Å². The maximum Gasteiger partial charge on any atom is 0.219 e. The fourth-order valence-electron chi connectivity index (χ4n) is 2.01. The fraction of sp³-hybridized carbons (Fsp3) is 0.455. The summed E-state index contributed by atoms with van der Waals surface area (Å²) in [7, 11) is -1.66. The van der Waals surface area contributed by atoms with E-state index in [0.717, 1.165) is 5.56 Å². The Morgan fingerprint density at radius 2 is 2.50 bits per heavy atom. The van der Waals surface area contributed by atoms with Crippen LogP contribution >= 0.6 is 11.3 Å². The molecule has 0 amide bonds. The molecule has 0 bridgehead atoms.